The highest BCUT2D eigenvalue weighted by atomic mass is 16.5. The Bertz CT molecular complexity index is 166. The molecule has 0 bridgehead atoms. The number of methoxy groups -OCH3 is 1. The fraction of sp³-hybridized carbons (Fsp3) is 0.889. The average molecular weight is 187 g/mol. The first-order valence-electron chi connectivity index (χ1n) is 4.72. The van der Waals surface area contributed by atoms with Gasteiger partial charge in [0.2, 0.25) is 0 Å². The van der Waals surface area contributed by atoms with E-state index >= 15 is 0 Å². The van der Waals surface area contributed by atoms with Crippen LogP contribution in [-0.2, 0) is 9.53 Å². The summed E-state index contributed by atoms with van der Waals surface area (Å²) < 4.78 is 4.69. The van der Waals surface area contributed by atoms with E-state index in [1.165, 1.54) is 7.11 Å². The van der Waals surface area contributed by atoms with Gasteiger partial charge in [-0.05, 0) is 32.4 Å². The van der Waals surface area contributed by atoms with Crippen molar-refractivity contribution in [1.82, 2.24) is 4.90 Å². The Morgan fingerprint density at radius 3 is 2.62 bits per heavy atom. The third kappa shape index (κ3) is 2.67. The Morgan fingerprint density at radius 2 is 2.15 bits per heavy atom. The summed E-state index contributed by atoms with van der Waals surface area (Å²) in [6.45, 7) is 1.93. The van der Waals surface area contributed by atoms with Crippen LogP contribution in [0.15, 0.2) is 0 Å². The molecule has 1 saturated heterocycles. The van der Waals surface area contributed by atoms with Crippen LogP contribution in [0, 0.1) is 0 Å². The number of rotatable bonds is 4. The third-order valence-electron chi connectivity index (χ3n) is 2.46. The molecule has 0 amide bonds. The minimum Gasteiger partial charge on any atom is -0.468 e. The van der Waals surface area contributed by atoms with E-state index < -0.39 is 0 Å². The lowest BCUT2D eigenvalue weighted by Gasteiger charge is -2.24. The number of aliphatic hydroxyl groups is 1. The molecule has 1 aliphatic rings. The Kier molecular flexibility index (Phi) is 4.18. The number of nitrogens with zero attached hydrogens (tertiary/aromatic N) is 1. The second-order valence-electron chi connectivity index (χ2n) is 3.29. The molecule has 0 radical (unpaired) electrons. The van der Waals surface area contributed by atoms with Crippen LogP contribution in [0.5, 0.6) is 0 Å². The van der Waals surface area contributed by atoms with Crippen molar-refractivity contribution in [3.63, 3.8) is 0 Å². The lowest BCUT2D eigenvalue weighted by atomic mass is 10.2. The van der Waals surface area contributed by atoms with Crippen LogP contribution >= 0.6 is 0 Å². The number of aliphatic hydroxyl groups excluding tert-OH is 1. The van der Waals surface area contributed by atoms with Gasteiger partial charge in [-0.3, -0.25) is 9.69 Å². The molecule has 0 aromatic heterocycles. The van der Waals surface area contributed by atoms with Crippen molar-refractivity contribution in [1.29, 1.82) is 0 Å². The number of carbonyl (C=O) groups excluding carboxylic acids is 1. The van der Waals surface area contributed by atoms with Crippen molar-refractivity contribution in [3.8, 4) is 0 Å². The number of hydrogen-bond acceptors (Lipinski definition) is 4. The number of ether oxygens (including phenoxy) is 1. The molecule has 13 heavy (non-hydrogen) atoms. The molecule has 4 heteroatoms. The fourth-order valence-corrected chi connectivity index (χ4v) is 1.76. The predicted octanol–water partition coefficient (Wildman–Crippen LogP) is 0.00620. The van der Waals surface area contributed by atoms with Gasteiger partial charge >= 0.3 is 5.97 Å². The van der Waals surface area contributed by atoms with Gasteiger partial charge in [-0.2, -0.15) is 0 Å². The van der Waals surface area contributed by atoms with Crippen LogP contribution in [0.25, 0.3) is 0 Å². The van der Waals surface area contributed by atoms with Crippen molar-refractivity contribution in [2.45, 2.75) is 25.3 Å². The molecule has 0 aromatic rings. The van der Waals surface area contributed by atoms with E-state index in [1.807, 2.05) is 0 Å². The Balaban J connectivity index is 2.49. The van der Waals surface area contributed by atoms with Crippen molar-refractivity contribution < 1.29 is 14.6 Å². The summed E-state index contributed by atoms with van der Waals surface area (Å²) in [6.07, 6.45) is 2.75. The minimum atomic E-state index is -0.238. The van der Waals surface area contributed by atoms with Gasteiger partial charge in [0.15, 0.2) is 0 Å². The van der Waals surface area contributed by atoms with Gasteiger partial charge in [-0.1, -0.05) is 0 Å². The van der Waals surface area contributed by atoms with Gasteiger partial charge in [0.05, 0.1) is 7.11 Å². The maximum Gasteiger partial charge on any atom is 0.323 e. The smallest absolute Gasteiger partial charge is 0.323 e. The number of carbonyl (C=O) groups is 1. The van der Waals surface area contributed by atoms with Gasteiger partial charge in [-0.15, -0.1) is 0 Å². The highest BCUT2D eigenvalue weighted by molar-refractivity contribution is 5.75. The molecule has 1 aliphatic heterocycles. The monoisotopic (exact) mass is 187 g/mol. The zero-order valence-corrected chi connectivity index (χ0v) is 8.03. The lowest BCUT2D eigenvalue weighted by Crippen LogP contribution is -2.40. The van der Waals surface area contributed by atoms with Crippen LogP contribution in [0.4, 0.5) is 0 Å². The first-order valence-corrected chi connectivity index (χ1v) is 4.72. The molecule has 0 spiro atoms. The predicted molar refractivity (Wildman–Crippen MR) is 48.3 cm³/mol. The molecular formula is C9H17NO3. The molecule has 4 nitrogen and oxygen atoms in total. The molecule has 0 aromatic carbocycles. The lowest BCUT2D eigenvalue weighted by molar-refractivity contribution is -0.147. The molecule has 1 fully saturated rings. The van der Waals surface area contributed by atoms with Crippen molar-refractivity contribution in [3.05, 3.63) is 0 Å². The van der Waals surface area contributed by atoms with E-state index in [4.69, 9.17) is 5.11 Å². The summed E-state index contributed by atoms with van der Waals surface area (Å²) in [4.78, 5) is 13.4. The SMILES string of the molecule is COC(=O)C(CCO)N1CCCC1. The summed E-state index contributed by atoms with van der Waals surface area (Å²) in [5, 5.41) is 8.81. The second kappa shape index (κ2) is 5.19. The van der Waals surface area contributed by atoms with Crippen LogP contribution in [0.1, 0.15) is 19.3 Å². The van der Waals surface area contributed by atoms with E-state index in [1.54, 1.807) is 0 Å². The summed E-state index contributed by atoms with van der Waals surface area (Å²) in [5.41, 5.74) is 0. The largest absolute Gasteiger partial charge is 0.468 e. The van der Waals surface area contributed by atoms with Crippen LogP contribution < -0.4 is 0 Å². The summed E-state index contributed by atoms with van der Waals surface area (Å²) >= 11 is 0. The molecule has 1 unspecified atom stereocenters. The molecule has 1 rings (SSSR count). The molecule has 0 saturated carbocycles. The molecule has 76 valence electrons. The molecule has 0 aliphatic carbocycles. The van der Waals surface area contributed by atoms with E-state index in [0.717, 1.165) is 25.9 Å². The fourth-order valence-electron chi connectivity index (χ4n) is 1.76. The average Bonchev–Trinajstić information content (AvgIpc) is 2.65. The van der Waals surface area contributed by atoms with E-state index in [2.05, 4.69) is 9.64 Å². The summed E-state index contributed by atoms with van der Waals surface area (Å²) in [5.74, 6) is -0.226. The highest BCUT2D eigenvalue weighted by Gasteiger charge is 2.27. The summed E-state index contributed by atoms with van der Waals surface area (Å²) in [7, 11) is 1.39. The van der Waals surface area contributed by atoms with Crippen LogP contribution in [0.3, 0.4) is 0 Å². The Labute approximate surface area is 78.5 Å². The van der Waals surface area contributed by atoms with E-state index in [9.17, 15) is 4.79 Å². The second-order valence-corrected chi connectivity index (χ2v) is 3.29. The van der Waals surface area contributed by atoms with Crippen LogP contribution in [0.2, 0.25) is 0 Å². The maximum absolute atomic E-state index is 11.3. The minimum absolute atomic E-state index is 0.0380. The van der Waals surface area contributed by atoms with Gasteiger partial charge in [0.25, 0.3) is 0 Å². The van der Waals surface area contributed by atoms with Gasteiger partial charge in [-0.25, -0.2) is 0 Å². The zero-order valence-electron chi connectivity index (χ0n) is 8.03. The molecule has 1 N–H and O–H groups in total. The topological polar surface area (TPSA) is 49.8 Å². The van der Waals surface area contributed by atoms with Crippen molar-refractivity contribution in [2.24, 2.45) is 0 Å². The molecule has 1 heterocycles. The van der Waals surface area contributed by atoms with Gasteiger partial charge in [0.1, 0.15) is 6.04 Å². The van der Waals surface area contributed by atoms with Crippen molar-refractivity contribution >= 4 is 5.97 Å². The number of esters is 1. The number of likely N-dealkylation sites (tertiary alicyclic amines) is 1. The van der Waals surface area contributed by atoms with E-state index in [-0.39, 0.29) is 18.6 Å². The Morgan fingerprint density at radius 1 is 1.54 bits per heavy atom. The van der Waals surface area contributed by atoms with Crippen LogP contribution in [-0.4, -0.2) is 48.8 Å². The quantitative estimate of drug-likeness (QED) is 0.630. The van der Waals surface area contributed by atoms with E-state index in [0.29, 0.717) is 6.42 Å². The highest BCUT2D eigenvalue weighted by Crippen LogP contribution is 2.14. The first-order chi connectivity index (χ1) is 6.29. The standard InChI is InChI=1S/C9H17NO3/c1-13-9(12)8(4-7-11)10-5-2-3-6-10/h8,11H,2-7H2,1H3. The molecule has 1 atom stereocenters. The maximum atomic E-state index is 11.3. The van der Waals surface area contributed by atoms with Gasteiger partial charge < -0.3 is 9.84 Å². The Hall–Kier alpha value is -0.610. The summed E-state index contributed by atoms with van der Waals surface area (Å²) in [6, 6.07) is -0.238. The molecular weight excluding hydrogens is 170 g/mol. The first kappa shape index (κ1) is 10.5. The van der Waals surface area contributed by atoms with Gasteiger partial charge in [0, 0.05) is 6.61 Å². The normalized spacial score (nSPS) is 20.2. The third-order valence-corrected chi connectivity index (χ3v) is 2.46. The number of hydrogen-bond donors (Lipinski definition) is 1. The zero-order chi connectivity index (χ0) is 9.68. The van der Waals surface area contributed by atoms with Crippen molar-refractivity contribution in [2.75, 3.05) is 26.8 Å².